The van der Waals surface area contributed by atoms with Gasteiger partial charge in [0.1, 0.15) is 6.17 Å². The SMILES string of the molecule is CC(C)n1c2c(c3ccccc31)CCN1C(=O)c3ccccc3N(C)C21. The summed E-state index contributed by atoms with van der Waals surface area (Å²) in [6, 6.07) is 17.0. The van der Waals surface area contributed by atoms with Gasteiger partial charge in [0.25, 0.3) is 5.91 Å². The van der Waals surface area contributed by atoms with Gasteiger partial charge in [-0.25, -0.2) is 0 Å². The van der Waals surface area contributed by atoms with Crippen molar-refractivity contribution in [3.8, 4) is 0 Å². The summed E-state index contributed by atoms with van der Waals surface area (Å²) in [6.07, 6.45) is 0.865. The molecule has 4 nitrogen and oxygen atoms in total. The Kier molecular flexibility index (Phi) is 3.20. The number of benzene rings is 2. The fourth-order valence-electron chi connectivity index (χ4n) is 4.81. The molecule has 26 heavy (non-hydrogen) atoms. The molecule has 2 aromatic carbocycles. The van der Waals surface area contributed by atoms with Crippen molar-refractivity contribution in [1.82, 2.24) is 9.47 Å². The van der Waals surface area contributed by atoms with Crippen molar-refractivity contribution in [2.75, 3.05) is 18.5 Å². The second-order valence-electron chi connectivity index (χ2n) is 7.59. The van der Waals surface area contributed by atoms with Gasteiger partial charge in [0.15, 0.2) is 0 Å². The Morgan fingerprint density at radius 3 is 2.58 bits per heavy atom. The molecule has 0 saturated carbocycles. The standard InChI is InChI=1S/C22H23N3O/c1-14(2)25-19-11-7-4-8-15(19)16-12-13-24-21(20(16)25)23(3)18-10-6-5-9-17(18)22(24)26/h4-11,14,21H,12-13H2,1-3H3. The summed E-state index contributed by atoms with van der Waals surface area (Å²) in [5.41, 5.74) is 5.77. The molecule has 1 aromatic heterocycles. The van der Waals surface area contributed by atoms with Gasteiger partial charge in [0.2, 0.25) is 0 Å². The lowest BCUT2D eigenvalue weighted by molar-refractivity contribution is 0.0628. The molecular weight excluding hydrogens is 322 g/mol. The van der Waals surface area contributed by atoms with Gasteiger partial charge in [-0.1, -0.05) is 30.3 Å². The average molecular weight is 345 g/mol. The minimum atomic E-state index is -0.0454. The van der Waals surface area contributed by atoms with E-state index in [4.69, 9.17) is 0 Å². The zero-order valence-electron chi connectivity index (χ0n) is 15.4. The van der Waals surface area contributed by atoms with E-state index in [9.17, 15) is 4.79 Å². The monoisotopic (exact) mass is 345 g/mol. The lowest BCUT2D eigenvalue weighted by atomic mass is 9.96. The summed E-state index contributed by atoms with van der Waals surface area (Å²) in [4.78, 5) is 17.5. The molecule has 0 radical (unpaired) electrons. The topological polar surface area (TPSA) is 28.5 Å². The van der Waals surface area contributed by atoms with E-state index in [-0.39, 0.29) is 12.1 Å². The molecule has 1 amide bonds. The number of aromatic nitrogens is 1. The first-order valence-corrected chi connectivity index (χ1v) is 9.34. The largest absolute Gasteiger partial charge is 0.349 e. The molecule has 0 N–H and O–H groups in total. The quantitative estimate of drug-likeness (QED) is 0.655. The second kappa shape index (κ2) is 5.37. The summed E-state index contributed by atoms with van der Waals surface area (Å²) in [5, 5.41) is 1.33. The maximum atomic E-state index is 13.2. The zero-order valence-corrected chi connectivity index (χ0v) is 15.4. The molecule has 2 aliphatic rings. The van der Waals surface area contributed by atoms with Crippen LogP contribution in [0.1, 0.15) is 47.7 Å². The Labute approximate surface area is 153 Å². The number of rotatable bonds is 1. The van der Waals surface area contributed by atoms with Crippen molar-refractivity contribution >= 4 is 22.5 Å². The van der Waals surface area contributed by atoms with Gasteiger partial charge in [-0.05, 0) is 44.0 Å². The lowest BCUT2D eigenvalue weighted by Crippen LogP contribution is -2.51. The normalized spacial score (nSPS) is 18.9. The molecule has 0 aliphatic carbocycles. The van der Waals surface area contributed by atoms with Crippen LogP contribution < -0.4 is 4.90 Å². The minimum Gasteiger partial charge on any atom is -0.349 e. The molecule has 0 bridgehead atoms. The fourth-order valence-corrected chi connectivity index (χ4v) is 4.81. The van der Waals surface area contributed by atoms with E-state index < -0.39 is 0 Å². The molecule has 1 unspecified atom stereocenters. The molecule has 4 heteroatoms. The molecule has 2 aliphatic heterocycles. The van der Waals surface area contributed by atoms with Crippen LogP contribution in [0.15, 0.2) is 48.5 Å². The van der Waals surface area contributed by atoms with E-state index in [0.29, 0.717) is 6.04 Å². The summed E-state index contributed by atoms with van der Waals surface area (Å²) in [6.45, 7) is 5.22. The smallest absolute Gasteiger partial charge is 0.257 e. The Morgan fingerprint density at radius 1 is 1.04 bits per heavy atom. The van der Waals surface area contributed by atoms with Crippen molar-refractivity contribution in [1.29, 1.82) is 0 Å². The highest BCUT2D eigenvalue weighted by atomic mass is 16.2. The van der Waals surface area contributed by atoms with E-state index in [1.165, 1.54) is 22.2 Å². The van der Waals surface area contributed by atoms with Crippen molar-refractivity contribution < 1.29 is 4.79 Å². The minimum absolute atomic E-state index is 0.0454. The van der Waals surface area contributed by atoms with Gasteiger partial charge in [-0.15, -0.1) is 0 Å². The number of carbonyl (C=O) groups excluding carboxylic acids is 1. The highest BCUT2D eigenvalue weighted by molar-refractivity contribution is 6.02. The fraction of sp³-hybridized carbons (Fsp3) is 0.318. The average Bonchev–Trinajstić information content (AvgIpc) is 3.00. The van der Waals surface area contributed by atoms with Gasteiger partial charge in [0, 0.05) is 30.5 Å². The molecule has 132 valence electrons. The molecule has 3 heterocycles. The number of hydrogen-bond donors (Lipinski definition) is 0. The molecule has 0 fully saturated rings. The highest BCUT2D eigenvalue weighted by Gasteiger charge is 2.42. The molecule has 0 saturated heterocycles. The van der Waals surface area contributed by atoms with Crippen LogP contribution in [0.2, 0.25) is 0 Å². The van der Waals surface area contributed by atoms with Crippen LogP contribution in [0.3, 0.4) is 0 Å². The summed E-state index contributed by atoms with van der Waals surface area (Å²) in [7, 11) is 2.11. The third kappa shape index (κ3) is 1.87. The van der Waals surface area contributed by atoms with E-state index in [2.05, 4.69) is 60.7 Å². The Bertz CT molecular complexity index is 1030. The van der Waals surface area contributed by atoms with Gasteiger partial charge in [-0.3, -0.25) is 4.79 Å². The first-order chi connectivity index (χ1) is 12.6. The Balaban J connectivity index is 1.81. The van der Waals surface area contributed by atoms with Crippen LogP contribution in [0.5, 0.6) is 0 Å². The number of amides is 1. The highest BCUT2D eigenvalue weighted by Crippen LogP contribution is 2.45. The van der Waals surface area contributed by atoms with Crippen molar-refractivity contribution in [3.63, 3.8) is 0 Å². The number of para-hydroxylation sites is 2. The third-order valence-electron chi connectivity index (χ3n) is 5.86. The summed E-state index contributed by atoms with van der Waals surface area (Å²) >= 11 is 0. The van der Waals surface area contributed by atoms with E-state index >= 15 is 0 Å². The summed E-state index contributed by atoms with van der Waals surface area (Å²) < 4.78 is 2.43. The van der Waals surface area contributed by atoms with Gasteiger partial charge < -0.3 is 14.4 Å². The van der Waals surface area contributed by atoms with Crippen LogP contribution in [0, 0.1) is 0 Å². The number of hydrogen-bond acceptors (Lipinski definition) is 2. The van der Waals surface area contributed by atoms with Crippen LogP contribution >= 0.6 is 0 Å². The van der Waals surface area contributed by atoms with Gasteiger partial charge >= 0.3 is 0 Å². The van der Waals surface area contributed by atoms with E-state index in [1.54, 1.807) is 0 Å². The third-order valence-corrected chi connectivity index (χ3v) is 5.86. The Morgan fingerprint density at radius 2 is 1.77 bits per heavy atom. The van der Waals surface area contributed by atoms with Crippen LogP contribution in [0.4, 0.5) is 5.69 Å². The van der Waals surface area contributed by atoms with Crippen LogP contribution in [-0.4, -0.2) is 29.0 Å². The van der Waals surface area contributed by atoms with Crippen molar-refractivity contribution in [2.24, 2.45) is 0 Å². The Hall–Kier alpha value is -2.75. The first kappa shape index (κ1) is 15.5. The molecule has 5 rings (SSSR count). The van der Waals surface area contributed by atoms with E-state index in [1.807, 2.05) is 23.1 Å². The molecule has 1 atom stereocenters. The van der Waals surface area contributed by atoms with E-state index in [0.717, 1.165) is 24.2 Å². The van der Waals surface area contributed by atoms with Crippen LogP contribution in [0.25, 0.3) is 10.9 Å². The maximum Gasteiger partial charge on any atom is 0.257 e. The van der Waals surface area contributed by atoms with Crippen molar-refractivity contribution in [3.05, 3.63) is 65.4 Å². The van der Waals surface area contributed by atoms with Crippen molar-refractivity contribution in [2.45, 2.75) is 32.5 Å². The predicted molar refractivity (Wildman–Crippen MR) is 105 cm³/mol. The van der Waals surface area contributed by atoms with Gasteiger partial charge in [0.05, 0.1) is 16.9 Å². The number of fused-ring (bicyclic) bond motifs is 6. The first-order valence-electron chi connectivity index (χ1n) is 9.34. The number of nitrogens with zero attached hydrogens (tertiary/aromatic N) is 3. The maximum absolute atomic E-state index is 13.2. The van der Waals surface area contributed by atoms with Gasteiger partial charge in [-0.2, -0.15) is 0 Å². The molecular formula is C22H23N3O. The van der Waals surface area contributed by atoms with Crippen LogP contribution in [-0.2, 0) is 6.42 Å². The lowest BCUT2D eigenvalue weighted by Gasteiger charge is -2.47. The number of anilines is 1. The second-order valence-corrected chi connectivity index (χ2v) is 7.59. The number of carbonyl (C=O) groups is 1. The summed E-state index contributed by atoms with van der Waals surface area (Å²) in [5.74, 6) is 0.148. The zero-order chi connectivity index (χ0) is 18.0. The molecule has 0 spiro atoms. The molecule has 3 aromatic rings. The predicted octanol–water partition coefficient (Wildman–Crippen LogP) is 4.37.